The molecule has 0 radical (unpaired) electrons. The number of allylic oxidation sites excluding steroid dienone is 3. The second-order valence-electron chi connectivity index (χ2n) is 9.80. The second-order valence-corrected chi connectivity index (χ2v) is 9.80. The molecule has 2 N–H and O–H groups in total. The lowest BCUT2D eigenvalue weighted by Crippen LogP contribution is -2.30. The SMILES string of the molecule is CCCCC(=O)C(CCC(C)C(=O)c1ccc(C2C=CC3=C(C2)OCC3)cc1)C(=O)C1NC1O. The number of hydrogen-bond donors (Lipinski definition) is 2. The molecule has 1 aromatic rings. The van der Waals surface area contributed by atoms with Crippen molar-refractivity contribution in [2.75, 3.05) is 6.61 Å². The Morgan fingerprint density at radius 2 is 1.91 bits per heavy atom. The Kier molecular flexibility index (Phi) is 7.79. The number of ketones is 3. The van der Waals surface area contributed by atoms with Crippen LogP contribution in [0.1, 0.15) is 80.6 Å². The number of aliphatic hydroxyl groups excluding tert-OH is 1. The molecule has 0 spiro atoms. The fourth-order valence-electron chi connectivity index (χ4n) is 4.91. The summed E-state index contributed by atoms with van der Waals surface area (Å²) in [6, 6.07) is 7.12. The number of aliphatic hydroxyl groups is 1. The number of hydrogen-bond acceptors (Lipinski definition) is 6. The van der Waals surface area contributed by atoms with Crippen LogP contribution in [0.15, 0.2) is 47.7 Å². The molecule has 2 heterocycles. The highest BCUT2D eigenvalue weighted by molar-refractivity contribution is 6.06. The summed E-state index contributed by atoms with van der Waals surface area (Å²) < 4.78 is 5.74. The number of rotatable bonds is 12. The Morgan fingerprint density at radius 3 is 2.59 bits per heavy atom. The lowest BCUT2D eigenvalue weighted by Gasteiger charge is -2.19. The molecule has 4 rings (SSSR count). The fourth-order valence-corrected chi connectivity index (χ4v) is 4.91. The molecule has 0 bridgehead atoms. The van der Waals surface area contributed by atoms with E-state index in [0.717, 1.165) is 43.6 Å². The standard InChI is InChI=1S/C28H35NO5/c1-3-4-5-23(30)22(27(32)25-28(33)29-25)13-6-17(2)26(31)20-10-7-18(8-11-20)21-12-9-19-14-15-34-24(19)16-21/h7-12,17,21-22,25,28-29,33H,3-6,13-16H2,1-2H3. The van der Waals surface area contributed by atoms with Crippen molar-refractivity contribution in [3.63, 3.8) is 0 Å². The Hall–Kier alpha value is -2.57. The first-order chi connectivity index (χ1) is 16.4. The van der Waals surface area contributed by atoms with E-state index in [-0.39, 0.29) is 29.2 Å². The molecule has 1 aromatic carbocycles. The van der Waals surface area contributed by atoms with E-state index in [0.29, 0.717) is 24.8 Å². The highest BCUT2D eigenvalue weighted by Gasteiger charge is 2.45. The molecule has 182 valence electrons. The molecular formula is C28H35NO5. The molecule has 0 saturated carbocycles. The van der Waals surface area contributed by atoms with Crippen molar-refractivity contribution in [2.24, 2.45) is 11.8 Å². The van der Waals surface area contributed by atoms with Gasteiger partial charge in [-0.2, -0.15) is 0 Å². The van der Waals surface area contributed by atoms with Crippen LogP contribution in [-0.4, -0.2) is 41.3 Å². The largest absolute Gasteiger partial charge is 0.497 e. The first-order valence-electron chi connectivity index (χ1n) is 12.6. The predicted molar refractivity (Wildman–Crippen MR) is 129 cm³/mol. The molecule has 3 aliphatic rings. The number of benzene rings is 1. The zero-order valence-corrected chi connectivity index (χ0v) is 20.1. The Morgan fingerprint density at radius 1 is 1.18 bits per heavy atom. The lowest BCUT2D eigenvalue weighted by atomic mass is 9.84. The van der Waals surface area contributed by atoms with Crippen LogP contribution in [0.3, 0.4) is 0 Å². The van der Waals surface area contributed by atoms with E-state index in [9.17, 15) is 19.5 Å². The summed E-state index contributed by atoms with van der Waals surface area (Å²) >= 11 is 0. The van der Waals surface area contributed by atoms with Crippen LogP contribution in [0.5, 0.6) is 0 Å². The maximum atomic E-state index is 13.0. The van der Waals surface area contributed by atoms with E-state index in [1.807, 2.05) is 38.1 Å². The molecule has 6 nitrogen and oxygen atoms in total. The van der Waals surface area contributed by atoms with Crippen molar-refractivity contribution in [3.8, 4) is 0 Å². The summed E-state index contributed by atoms with van der Waals surface area (Å²) in [7, 11) is 0. The van der Waals surface area contributed by atoms with E-state index >= 15 is 0 Å². The lowest BCUT2D eigenvalue weighted by molar-refractivity contribution is -0.133. The molecule has 0 aromatic heterocycles. The Labute approximate surface area is 201 Å². The molecule has 2 aliphatic heterocycles. The smallest absolute Gasteiger partial charge is 0.165 e. The van der Waals surface area contributed by atoms with E-state index in [1.54, 1.807) is 0 Å². The molecule has 34 heavy (non-hydrogen) atoms. The predicted octanol–water partition coefficient (Wildman–Crippen LogP) is 4.24. The van der Waals surface area contributed by atoms with Crippen LogP contribution in [0.2, 0.25) is 0 Å². The van der Waals surface area contributed by atoms with Gasteiger partial charge >= 0.3 is 0 Å². The number of Topliss-reactive ketones (excluding diaryl/α,β-unsaturated/α-hetero) is 3. The monoisotopic (exact) mass is 465 g/mol. The average Bonchev–Trinajstić information content (AvgIpc) is 3.40. The summed E-state index contributed by atoms with van der Waals surface area (Å²) in [5.41, 5.74) is 3.10. The van der Waals surface area contributed by atoms with Crippen molar-refractivity contribution < 1.29 is 24.2 Å². The van der Waals surface area contributed by atoms with Gasteiger partial charge in [0, 0.05) is 36.7 Å². The number of nitrogens with one attached hydrogen (secondary N) is 1. The van der Waals surface area contributed by atoms with Crippen molar-refractivity contribution in [3.05, 3.63) is 58.9 Å². The van der Waals surface area contributed by atoms with Crippen LogP contribution in [0.4, 0.5) is 0 Å². The third-order valence-electron chi connectivity index (χ3n) is 7.27. The van der Waals surface area contributed by atoms with Gasteiger partial charge in [-0.15, -0.1) is 0 Å². The third kappa shape index (κ3) is 5.56. The van der Waals surface area contributed by atoms with Crippen molar-refractivity contribution in [1.29, 1.82) is 0 Å². The van der Waals surface area contributed by atoms with Crippen molar-refractivity contribution >= 4 is 17.3 Å². The van der Waals surface area contributed by atoms with E-state index in [2.05, 4.69) is 17.5 Å². The van der Waals surface area contributed by atoms with Crippen LogP contribution >= 0.6 is 0 Å². The van der Waals surface area contributed by atoms with Gasteiger partial charge in [0.2, 0.25) is 0 Å². The van der Waals surface area contributed by atoms with Gasteiger partial charge in [0.05, 0.1) is 12.5 Å². The fraction of sp³-hybridized carbons (Fsp3) is 0.536. The molecule has 6 heteroatoms. The van der Waals surface area contributed by atoms with Crippen LogP contribution < -0.4 is 5.32 Å². The van der Waals surface area contributed by atoms with Gasteiger partial charge in [-0.05, 0) is 30.4 Å². The van der Waals surface area contributed by atoms with Gasteiger partial charge in [0.25, 0.3) is 0 Å². The zero-order chi connectivity index (χ0) is 24.2. The average molecular weight is 466 g/mol. The molecule has 1 fully saturated rings. The number of carbonyl (C=O) groups is 3. The molecule has 5 unspecified atom stereocenters. The summed E-state index contributed by atoms with van der Waals surface area (Å²) in [5.74, 6) is -0.0186. The van der Waals surface area contributed by atoms with Crippen molar-refractivity contribution in [2.45, 2.75) is 77.0 Å². The number of ether oxygens (including phenoxy) is 1. The normalized spacial score (nSPS) is 24.9. The first-order valence-corrected chi connectivity index (χ1v) is 12.6. The zero-order valence-electron chi connectivity index (χ0n) is 20.1. The van der Waals surface area contributed by atoms with Crippen LogP contribution in [0.25, 0.3) is 0 Å². The van der Waals surface area contributed by atoms with E-state index in [4.69, 9.17) is 4.74 Å². The Bertz CT molecular complexity index is 993. The number of unbranched alkanes of at least 4 members (excludes halogenated alkanes) is 1. The second kappa shape index (κ2) is 10.8. The summed E-state index contributed by atoms with van der Waals surface area (Å²) in [5, 5.41) is 12.2. The number of carbonyl (C=O) groups excluding carboxylic acids is 3. The minimum atomic E-state index is -0.853. The van der Waals surface area contributed by atoms with E-state index in [1.165, 1.54) is 5.57 Å². The minimum Gasteiger partial charge on any atom is -0.497 e. The van der Waals surface area contributed by atoms with Crippen LogP contribution in [-0.2, 0) is 14.3 Å². The Balaban J connectivity index is 1.34. The molecule has 1 saturated heterocycles. The first kappa shape index (κ1) is 24.6. The van der Waals surface area contributed by atoms with Gasteiger partial charge in [-0.1, -0.05) is 56.7 Å². The quantitative estimate of drug-likeness (QED) is 0.272. The summed E-state index contributed by atoms with van der Waals surface area (Å²) in [6.07, 6.45) is 8.14. The molecule has 1 aliphatic carbocycles. The summed E-state index contributed by atoms with van der Waals surface area (Å²) in [6.45, 7) is 4.62. The molecule has 5 atom stereocenters. The van der Waals surface area contributed by atoms with Gasteiger partial charge in [-0.3, -0.25) is 19.7 Å². The molecule has 0 amide bonds. The van der Waals surface area contributed by atoms with Gasteiger partial charge < -0.3 is 9.84 Å². The highest BCUT2D eigenvalue weighted by atomic mass is 16.5. The molecular weight excluding hydrogens is 430 g/mol. The van der Waals surface area contributed by atoms with E-state index < -0.39 is 18.2 Å². The minimum absolute atomic E-state index is 0.0200. The van der Waals surface area contributed by atoms with Crippen LogP contribution in [0, 0.1) is 11.8 Å². The highest BCUT2D eigenvalue weighted by Crippen LogP contribution is 2.36. The topological polar surface area (TPSA) is 103 Å². The maximum Gasteiger partial charge on any atom is 0.165 e. The van der Waals surface area contributed by atoms with Crippen molar-refractivity contribution in [1.82, 2.24) is 5.32 Å². The maximum absolute atomic E-state index is 13.0. The summed E-state index contributed by atoms with van der Waals surface area (Å²) in [4.78, 5) is 38.4. The van der Waals surface area contributed by atoms with Gasteiger partial charge in [-0.25, -0.2) is 0 Å². The van der Waals surface area contributed by atoms with Gasteiger partial charge in [0.15, 0.2) is 11.6 Å². The third-order valence-corrected chi connectivity index (χ3v) is 7.27. The van der Waals surface area contributed by atoms with Gasteiger partial charge in [0.1, 0.15) is 23.8 Å².